The molecule has 1 aromatic carbocycles. The Morgan fingerprint density at radius 1 is 1.33 bits per heavy atom. The van der Waals surface area contributed by atoms with Crippen LogP contribution in [-0.2, 0) is 14.8 Å². The van der Waals surface area contributed by atoms with Gasteiger partial charge in [0.25, 0.3) is 0 Å². The Hall–Kier alpha value is -1.44. The van der Waals surface area contributed by atoms with Crippen LogP contribution in [0.5, 0.6) is 0 Å². The number of benzene rings is 1. The van der Waals surface area contributed by atoms with Crippen molar-refractivity contribution in [2.24, 2.45) is 5.92 Å². The molecule has 21 heavy (non-hydrogen) atoms. The van der Waals surface area contributed by atoms with E-state index in [1.54, 1.807) is 12.1 Å². The number of carbonyl (C=O) groups is 1. The highest BCUT2D eigenvalue weighted by molar-refractivity contribution is 7.89. The summed E-state index contributed by atoms with van der Waals surface area (Å²) in [6.07, 6.45) is 2.47. The molecule has 1 aliphatic carbocycles. The molecule has 1 fully saturated rings. The number of anilines is 1. The highest BCUT2D eigenvalue weighted by Gasteiger charge is 2.21. The van der Waals surface area contributed by atoms with E-state index < -0.39 is 10.0 Å². The fraction of sp³-hybridized carbons (Fsp3) is 0.500. The molecule has 1 saturated carbocycles. The first-order valence-electron chi connectivity index (χ1n) is 6.93. The molecule has 0 aromatic heterocycles. The number of hydrogen-bond donors (Lipinski definition) is 2. The summed E-state index contributed by atoms with van der Waals surface area (Å²) in [7, 11) is -0.540. The number of amides is 1. The Morgan fingerprint density at radius 3 is 2.67 bits per heavy atom. The normalized spacial score (nSPS) is 15.2. The zero-order chi connectivity index (χ0) is 15.5. The standard InChI is InChI=1S/C14H21N3O3S/c1-17(2)21(19,20)13-5-3-4-12(8-13)16-14(18)10-15-9-11-6-7-11/h3-5,8,11,15H,6-7,9-10H2,1-2H3,(H,16,18). The van der Waals surface area contributed by atoms with Crippen molar-refractivity contribution in [2.45, 2.75) is 17.7 Å². The zero-order valence-corrected chi connectivity index (χ0v) is 13.1. The van der Waals surface area contributed by atoms with Gasteiger partial charge in [0.2, 0.25) is 15.9 Å². The van der Waals surface area contributed by atoms with Gasteiger partial charge in [-0.1, -0.05) is 6.07 Å². The van der Waals surface area contributed by atoms with E-state index in [0.29, 0.717) is 11.6 Å². The van der Waals surface area contributed by atoms with Gasteiger partial charge in [-0.2, -0.15) is 0 Å². The number of nitrogens with one attached hydrogen (secondary N) is 2. The molecule has 0 spiro atoms. The van der Waals surface area contributed by atoms with Gasteiger partial charge in [0.15, 0.2) is 0 Å². The number of rotatable bonds is 7. The second-order valence-electron chi connectivity index (χ2n) is 5.44. The maximum absolute atomic E-state index is 12.0. The largest absolute Gasteiger partial charge is 0.325 e. The highest BCUT2D eigenvalue weighted by atomic mass is 32.2. The molecule has 2 N–H and O–H groups in total. The number of hydrogen-bond acceptors (Lipinski definition) is 4. The van der Waals surface area contributed by atoms with Gasteiger partial charge in [-0.3, -0.25) is 4.79 Å². The molecule has 0 heterocycles. The van der Waals surface area contributed by atoms with Crippen LogP contribution in [0.2, 0.25) is 0 Å². The molecule has 1 aromatic rings. The average molecular weight is 311 g/mol. The van der Waals surface area contributed by atoms with E-state index >= 15 is 0 Å². The van der Waals surface area contributed by atoms with Crippen molar-refractivity contribution in [3.8, 4) is 0 Å². The minimum absolute atomic E-state index is 0.163. The van der Waals surface area contributed by atoms with E-state index in [4.69, 9.17) is 0 Å². The van der Waals surface area contributed by atoms with Crippen LogP contribution in [0.4, 0.5) is 5.69 Å². The van der Waals surface area contributed by atoms with Crippen molar-refractivity contribution in [3.63, 3.8) is 0 Å². The van der Waals surface area contributed by atoms with Gasteiger partial charge in [0.1, 0.15) is 0 Å². The summed E-state index contributed by atoms with van der Waals surface area (Å²) in [5.41, 5.74) is 0.483. The van der Waals surface area contributed by atoms with Gasteiger partial charge in [0.05, 0.1) is 11.4 Å². The lowest BCUT2D eigenvalue weighted by Crippen LogP contribution is -2.29. The summed E-state index contributed by atoms with van der Waals surface area (Å²) >= 11 is 0. The van der Waals surface area contributed by atoms with Crippen molar-refractivity contribution in [1.29, 1.82) is 0 Å². The SMILES string of the molecule is CN(C)S(=O)(=O)c1cccc(NC(=O)CNCC2CC2)c1. The summed E-state index contributed by atoms with van der Waals surface area (Å²) < 4.78 is 25.2. The maximum Gasteiger partial charge on any atom is 0.242 e. The van der Waals surface area contributed by atoms with E-state index in [1.807, 2.05) is 0 Å². The predicted octanol–water partition coefficient (Wildman–Crippen LogP) is 0.875. The zero-order valence-electron chi connectivity index (χ0n) is 12.3. The molecular weight excluding hydrogens is 290 g/mol. The van der Waals surface area contributed by atoms with E-state index in [1.165, 1.54) is 39.1 Å². The van der Waals surface area contributed by atoms with E-state index in [9.17, 15) is 13.2 Å². The van der Waals surface area contributed by atoms with Crippen LogP contribution < -0.4 is 10.6 Å². The summed E-state index contributed by atoms with van der Waals surface area (Å²) in [5, 5.41) is 5.79. The molecule has 0 radical (unpaired) electrons. The minimum atomic E-state index is -3.49. The van der Waals surface area contributed by atoms with E-state index in [0.717, 1.165) is 10.8 Å². The van der Waals surface area contributed by atoms with Gasteiger partial charge in [-0.05, 0) is 43.5 Å². The molecule has 1 amide bonds. The lowest BCUT2D eigenvalue weighted by molar-refractivity contribution is -0.115. The Bertz CT molecular complexity index is 610. The Balaban J connectivity index is 1.95. The monoisotopic (exact) mass is 311 g/mol. The minimum Gasteiger partial charge on any atom is -0.325 e. The molecule has 0 unspecified atom stereocenters. The maximum atomic E-state index is 12.0. The van der Waals surface area contributed by atoms with Crippen LogP contribution in [0.15, 0.2) is 29.2 Å². The molecule has 6 nitrogen and oxygen atoms in total. The van der Waals surface area contributed by atoms with Gasteiger partial charge in [0, 0.05) is 19.8 Å². The Kier molecular flexibility index (Phi) is 4.97. The van der Waals surface area contributed by atoms with Gasteiger partial charge >= 0.3 is 0 Å². The summed E-state index contributed by atoms with van der Waals surface area (Å²) in [6, 6.07) is 6.27. The fourth-order valence-corrected chi connectivity index (χ4v) is 2.81. The molecule has 2 rings (SSSR count). The average Bonchev–Trinajstić information content (AvgIpc) is 3.23. The van der Waals surface area contributed by atoms with E-state index in [-0.39, 0.29) is 17.3 Å². The van der Waals surface area contributed by atoms with Crippen LogP contribution in [0.25, 0.3) is 0 Å². The lowest BCUT2D eigenvalue weighted by atomic mass is 10.3. The van der Waals surface area contributed by atoms with Crippen molar-refractivity contribution in [2.75, 3.05) is 32.5 Å². The second kappa shape index (κ2) is 6.55. The third-order valence-corrected chi connectivity index (χ3v) is 5.12. The van der Waals surface area contributed by atoms with Crippen LogP contribution in [-0.4, -0.2) is 45.8 Å². The first-order chi connectivity index (χ1) is 9.89. The number of sulfonamides is 1. The summed E-state index contributed by atoms with van der Waals surface area (Å²) in [4.78, 5) is 11.9. The molecule has 0 aliphatic heterocycles. The van der Waals surface area contributed by atoms with Crippen molar-refractivity contribution < 1.29 is 13.2 Å². The molecular formula is C14H21N3O3S. The van der Waals surface area contributed by atoms with Crippen LogP contribution in [0, 0.1) is 5.92 Å². The van der Waals surface area contributed by atoms with Gasteiger partial charge in [-0.25, -0.2) is 12.7 Å². The van der Waals surface area contributed by atoms with Crippen molar-refractivity contribution in [3.05, 3.63) is 24.3 Å². The third kappa shape index (κ3) is 4.52. The molecule has 0 atom stereocenters. The number of nitrogens with zero attached hydrogens (tertiary/aromatic N) is 1. The quantitative estimate of drug-likeness (QED) is 0.783. The summed E-state index contributed by atoms with van der Waals surface area (Å²) in [6.45, 7) is 1.10. The van der Waals surface area contributed by atoms with Crippen molar-refractivity contribution in [1.82, 2.24) is 9.62 Å². The van der Waals surface area contributed by atoms with Gasteiger partial charge in [-0.15, -0.1) is 0 Å². The van der Waals surface area contributed by atoms with Crippen LogP contribution in [0.1, 0.15) is 12.8 Å². The Morgan fingerprint density at radius 2 is 2.05 bits per heavy atom. The van der Waals surface area contributed by atoms with Crippen LogP contribution >= 0.6 is 0 Å². The second-order valence-corrected chi connectivity index (χ2v) is 7.59. The molecule has 1 aliphatic rings. The molecule has 0 saturated heterocycles. The predicted molar refractivity (Wildman–Crippen MR) is 81.5 cm³/mol. The fourth-order valence-electron chi connectivity index (χ4n) is 1.86. The molecule has 0 bridgehead atoms. The first-order valence-corrected chi connectivity index (χ1v) is 8.37. The third-order valence-electron chi connectivity index (χ3n) is 3.31. The summed E-state index contributed by atoms with van der Waals surface area (Å²) in [5.74, 6) is 0.543. The van der Waals surface area contributed by atoms with Crippen molar-refractivity contribution >= 4 is 21.6 Å². The number of carbonyl (C=O) groups excluding carboxylic acids is 1. The Labute approximate surface area is 125 Å². The molecule has 7 heteroatoms. The topological polar surface area (TPSA) is 78.5 Å². The van der Waals surface area contributed by atoms with Gasteiger partial charge < -0.3 is 10.6 Å². The lowest BCUT2D eigenvalue weighted by Gasteiger charge is -2.12. The van der Waals surface area contributed by atoms with Crippen LogP contribution in [0.3, 0.4) is 0 Å². The smallest absolute Gasteiger partial charge is 0.242 e. The van der Waals surface area contributed by atoms with E-state index in [2.05, 4.69) is 10.6 Å². The molecule has 116 valence electrons. The first kappa shape index (κ1) is 15.9. The highest BCUT2D eigenvalue weighted by Crippen LogP contribution is 2.27.